The van der Waals surface area contributed by atoms with Crippen molar-refractivity contribution in [3.8, 4) is 0 Å². The monoisotopic (exact) mass is 692 g/mol. The van der Waals surface area contributed by atoms with Crippen LogP contribution in [-0.2, 0) is 19.6 Å². The lowest BCUT2D eigenvalue weighted by Crippen LogP contribution is -2.41. The Morgan fingerprint density at radius 1 is 1.15 bits per heavy atom. The predicted molar refractivity (Wildman–Crippen MR) is 178 cm³/mol. The molecule has 2 atom stereocenters. The lowest BCUT2D eigenvalue weighted by Gasteiger charge is -2.28. The van der Waals surface area contributed by atoms with Crippen LogP contribution < -0.4 is 14.9 Å². The second-order valence-corrected chi connectivity index (χ2v) is 15.9. The molecule has 2 aliphatic rings. The van der Waals surface area contributed by atoms with Gasteiger partial charge in [-0.25, -0.2) is 19.5 Å². The molecule has 0 saturated carbocycles. The molecule has 0 radical (unpaired) electrons. The molecule has 2 aromatic heterocycles. The largest absolute Gasteiger partial charge is 0.465 e. The molecule has 3 N–H and O–H groups in total. The fourth-order valence-electron chi connectivity index (χ4n) is 6.02. The Labute approximate surface area is 281 Å². The second-order valence-electron chi connectivity index (χ2n) is 14.0. The lowest BCUT2D eigenvalue weighted by molar-refractivity contribution is -0.127. The van der Waals surface area contributed by atoms with Crippen LogP contribution in [0, 0.1) is 11.3 Å². The molecule has 0 spiro atoms. The highest BCUT2D eigenvalue weighted by Crippen LogP contribution is 2.35. The van der Waals surface area contributed by atoms with Gasteiger partial charge in [0, 0.05) is 38.2 Å². The zero-order valence-corrected chi connectivity index (χ0v) is 29.2. The number of hydrogen-bond acceptors (Lipinski definition) is 9. The van der Waals surface area contributed by atoms with Gasteiger partial charge in [0.25, 0.3) is 21.8 Å². The Morgan fingerprint density at radius 2 is 1.89 bits per heavy atom. The van der Waals surface area contributed by atoms with Gasteiger partial charge in [-0.3, -0.25) is 14.5 Å². The molecular weight excluding hydrogens is 648 g/mol. The number of carboxylic acid groups (broad SMARTS) is 1. The van der Waals surface area contributed by atoms with Crippen molar-refractivity contribution in [3.05, 3.63) is 41.0 Å². The van der Waals surface area contributed by atoms with E-state index >= 15 is 0 Å². The number of halogens is 1. The molecule has 47 heavy (non-hydrogen) atoms. The molecule has 258 valence electrons. The topological polar surface area (TPSA) is 171 Å². The van der Waals surface area contributed by atoms with Crippen molar-refractivity contribution >= 4 is 51.2 Å². The number of carbonyl (C=O) groups is 3. The lowest BCUT2D eigenvalue weighted by atomic mass is 9.91. The normalized spacial score (nSPS) is 19.7. The third-order valence-corrected chi connectivity index (χ3v) is 9.93. The molecule has 0 aliphatic carbocycles. The van der Waals surface area contributed by atoms with E-state index in [0.29, 0.717) is 38.5 Å². The van der Waals surface area contributed by atoms with Gasteiger partial charge in [0.2, 0.25) is 0 Å². The van der Waals surface area contributed by atoms with Crippen LogP contribution in [-0.4, -0.2) is 84.2 Å². The molecule has 2 aromatic rings. The Balaban J connectivity index is 1.29. The summed E-state index contributed by atoms with van der Waals surface area (Å²) in [7, 11) is -4.36. The first kappa shape index (κ1) is 36.3. The van der Waals surface area contributed by atoms with Crippen molar-refractivity contribution in [1.29, 1.82) is 0 Å². The average Bonchev–Trinajstić information content (AvgIpc) is 3.50. The van der Waals surface area contributed by atoms with E-state index in [-0.39, 0.29) is 38.8 Å². The van der Waals surface area contributed by atoms with E-state index in [1.165, 1.54) is 34.1 Å². The van der Waals surface area contributed by atoms with E-state index in [4.69, 9.17) is 16.3 Å². The highest BCUT2D eigenvalue weighted by atomic mass is 35.5. The summed E-state index contributed by atoms with van der Waals surface area (Å²) in [6, 6.07) is 7.17. The van der Waals surface area contributed by atoms with E-state index in [0.717, 1.165) is 32.1 Å². The van der Waals surface area contributed by atoms with Crippen LogP contribution in [0.4, 0.5) is 16.4 Å². The molecule has 13 nitrogen and oxygen atoms in total. The molecule has 4 heterocycles. The molecule has 0 aromatic carbocycles. The first-order valence-electron chi connectivity index (χ1n) is 15.8. The molecule has 4 rings (SSSR count). The Morgan fingerprint density at radius 3 is 2.55 bits per heavy atom. The van der Waals surface area contributed by atoms with Crippen molar-refractivity contribution in [2.45, 2.75) is 89.8 Å². The van der Waals surface area contributed by atoms with E-state index < -0.39 is 33.7 Å². The van der Waals surface area contributed by atoms with Gasteiger partial charge in [0.15, 0.2) is 5.03 Å². The predicted octanol–water partition coefficient (Wildman–Crippen LogP) is 5.17. The minimum atomic E-state index is -4.36. The quantitative estimate of drug-likeness (QED) is 0.188. The van der Waals surface area contributed by atoms with Crippen LogP contribution in [0.1, 0.15) is 83.5 Å². The van der Waals surface area contributed by atoms with Gasteiger partial charge in [-0.05, 0) is 81.5 Å². The molecule has 2 fully saturated rings. The number of sulfonamides is 1. The Kier molecular flexibility index (Phi) is 11.4. The maximum atomic E-state index is 13.0. The zero-order chi connectivity index (χ0) is 34.6. The number of rotatable bonds is 13. The van der Waals surface area contributed by atoms with E-state index in [9.17, 15) is 27.9 Å². The maximum absolute atomic E-state index is 13.0. The van der Waals surface area contributed by atoms with Crippen LogP contribution in [0.2, 0.25) is 5.15 Å². The number of nitrogens with zero attached hydrogens (tertiary/aromatic N) is 4. The van der Waals surface area contributed by atoms with Crippen molar-refractivity contribution in [3.63, 3.8) is 0 Å². The Hall–Kier alpha value is -3.49. The molecule has 0 bridgehead atoms. The molecule has 0 unspecified atom stereocenters. The number of amides is 3. The van der Waals surface area contributed by atoms with Gasteiger partial charge < -0.3 is 20.1 Å². The molecule has 15 heteroatoms. The van der Waals surface area contributed by atoms with Crippen LogP contribution in [0.5, 0.6) is 0 Å². The smallest absolute Gasteiger partial charge is 0.407 e. The van der Waals surface area contributed by atoms with Crippen LogP contribution in [0.3, 0.4) is 0 Å². The standard InChI is InChI=1S/C32H45ClN6O7S/c1-31(2,3)15-8-18-46-23-14-17-38(29(23)41)25-13-12-22(27(33)36-25)28(40)37-47(44,45)26-11-6-10-24(35-26)34-16-7-9-21-19-32(4,5)39(20-21)30(42)43/h6,10-13,21,23H,7-9,14-20H2,1-5H3,(H,34,35)(H,37,40)(H,42,43)/t21-,23-/m0/s1. The third kappa shape index (κ3) is 9.54. The van der Waals surface area contributed by atoms with Gasteiger partial charge in [0.1, 0.15) is 22.9 Å². The third-order valence-electron chi connectivity index (χ3n) is 8.41. The van der Waals surface area contributed by atoms with Gasteiger partial charge in [0.05, 0.1) is 5.56 Å². The second kappa shape index (κ2) is 14.7. The number of anilines is 2. The molecular formula is C32H45ClN6O7S. The maximum Gasteiger partial charge on any atom is 0.407 e. The first-order chi connectivity index (χ1) is 22.0. The van der Waals surface area contributed by atoms with Crippen LogP contribution >= 0.6 is 11.6 Å². The summed E-state index contributed by atoms with van der Waals surface area (Å²) in [6.45, 7) is 12.1. The molecule has 3 amide bonds. The molecule has 2 saturated heterocycles. The van der Waals surface area contributed by atoms with E-state index in [1.54, 1.807) is 6.07 Å². The van der Waals surface area contributed by atoms with Crippen molar-refractivity contribution in [2.75, 3.05) is 36.5 Å². The highest BCUT2D eigenvalue weighted by Gasteiger charge is 2.41. The minimum Gasteiger partial charge on any atom is -0.465 e. The number of aromatic nitrogens is 2. The number of hydrogen-bond donors (Lipinski definition) is 3. The number of ether oxygens (including phenoxy) is 1. The molecule has 2 aliphatic heterocycles. The van der Waals surface area contributed by atoms with Gasteiger partial charge in [-0.15, -0.1) is 0 Å². The summed E-state index contributed by atoms with van der Waals surface area (Å²) in [5.41, 5.74) is -0.394. The summed E-state index contributed by atoms with van der Waals surface area (Å²) < 4.78 is 33.9. The van der Waals surface area contributed by atoms with Crippen LogP contribution in [0.15, 0.2) is 35.4 Å². The summed E-state index contributed by atoms with van der Waals surface area (Å²) in [5.74, 6) is -0.428. The minimum absolute atomic E-state index is 0.175. The van der Waals surface area contributed by atoms with Crippen LogP contribution in [0.25, 0.3) is 0 Å². The fourth-order valence-corrected chi connectivity index (χ4v) is 7.19. The van der Waals surface area contributed by atoms with E-state index in [1.807, 2.05) is 18.6 Å². The van der Waals surface area contributed by atoms with Gasteiger partial charge in [-0.2, -0.15) is 8.42 Å². The average molecular weight is 693 g/mol. The first-order valence-corrected chi connectivity index (χ1v) is 17.7. The summed E-state index contributed by atoms with van der Waals surface area (Å²) in [4.78, 5) is 48.7. The zero-order valence-electron chi connectivity index (χ0n) is 27.6. The van der Waals surface area contributed by atoms with E-state index in [2.05, 4.69) is 36.1 Å². The number of carbonyl (C=O) groups excluding carboxylic acids is 2. The van der Waals surface area contributed by atoms with Gasteiger partial charge in [-0.1, -0.05) is 38.4 Å². The highest BCUT2D eigenvalue weighted by molar-refractivity contribution is 7.90. The Bertz CT molecular complexity index is 1580. The summed E-state index contributed by atoms with van der Waals surface area (Å²) >= 11 is 6.30. The summed E-state index contributed by atoms with van der Waals surface area (Å²) in [6.07, 6.45) is 3.14. The number of pyridine rings is 2. The summed E-state index contributed by atoms with van der Waals surface area (Å²) in [5, 5.41) is 11.9. The van der Waals surface area contributed by atoms with Crippen molar-refractivity contribution in [2.24, 2.45) is 11.3 Å². The van der Waals surface area contributed by atoms with Crippen molar-refractivity contribution < 1.29 is 32.6 Å². The number of nitrogens with one attached hydrogen (secondary N) is 2. The number of likely N-dealkylation sites (tertiary alicyclic amines) is 1. The fraction of sp³-hybridized carbons (Fsp3) is 0.594. The van der Waals surface area contributed by atoms with Crippen molar-refractivity contribution in [1.82, 2.24) is 19.6 Å². The SMILES string of the molecule is CC(C)(C)CCCO[C@H]1CCN(c2ccc(C(=O)NS(=O)(=O)c3cccc(NCCC[C@@H]4CN(C(=O)O)C(C)(C)C4)n3)c(Cl)n2)C1=O. The van der Waals surface area contributed by atoms with Gasteiger partial charge >= 0.3 is 6.09 Å².